The minimum atomic E-state index is -2.23. The summed E-state index contributed by atoms with van der Waals surface area (Å²) >= 11 is -4.47. The molecule has 0 aliphatic carbocycles. The maximum atomic E-state index is 2.96. The molecule has 0 saturated carbocycles. The van der Waals surface area contributed by atoms with Crippen LogP contribution in [0, 0.1) is 0 Å². The minimum absolute atomic E-state index is 1.10. The maximum absolute atomic E-state index is 2.96. The first-order valence-corrected chi connectivity index (χ1v) is 32.8. The van der Waals surface area contributed by atoms with Crippen molar-refractivity contribution in [2.75, 3.05) is 0 Å². The third kappa shape index (κ3) is 11.1. The van der Waals surface area contributed by atoms with E-state index in [1.807, 2.05) is 0 Å². The van der Waals surface area contributed by atoms with Crippen LogP contribution in [0.1, 0.15) is 132 Å². The Morgan fingerprint density at radius 1 is 0.483 bits per heavy atom. The SMILES string of the molecule is CCC[CH2][Sn]([CH2]CCC)([S][Sn]([CH2]CCC)([CH2]CCC)[CH](C)CCC)[CH](C)CCC. The summed E-state index contributed by atoms with van der Waals surface area (Å²) in [6, 6.07) is 0. The van der Waals surface area contributed by atoms with Gasteiger partial charge < -0.3 is 0 Å². The van der Waals surface area contributed by atoms with Crippen LogP contribution in [-0.4, -0.2) is 34.0 Å². The van der Waals surface area contributed by atoms with E-state index in [1.165, 1.54) is 77.0 Å². The van der Waals surface area contributed by atoms with Crippen LogP contribution in [0.2, 0.25) is 25.6 Å². The molecule has 0 heterocycles. The molecule has 2 atom stereocenters. The first-order chi connectivity index (χ1) is 13.9. The Balaban J connectivity index is 6.14. The molecule has 0 radical (unpaired) electrons. The van der Waals surface area contributed by atoms with Crippen molar-refractivity contribution in [1.82, 2.24) is 0 Å². The van der Waals surface area contributed by atoms with Gasteiger partial charge in [0.2, 0.25) is 0 Å². The van der Waals surface area contributed by atoms with Gasteiger partial charge in [0.25, 0.3) is 0 Å². The van der Waals surface area contributed by atoms with Crippen molar-refractivity contribution in [2.45, 2.75) is 158 Å². The van der Waals surface area contributed by atoms with Crippen molar-refractivity contribution in [3.05, 3.63) is 0 Å². The summed E-state index contributed by atoms with van der Waals surface area (Å²) in [5, 5.41) is 0. The average molecular weight is 640 g/mol. The van der Waals surface area contributed by atoms with Gasteiger partial charge >= 0.3 is 198 Å². The predicted molar refractivity (Wildman–Crippen MR) is 147 cm³/mol. The van der Waals surface area contributed by atoms with E-state index in [-0.39, 0.29) is 0 Å². The molecule has 2 unspecified atom stereocenters. The third-order valence-corrected chi connectivity index (χ3v) is 98.4. The van der Waals surface area contributed by atoms with Gasteiger partial charge in [-0.15, -0.1) is 0 Å². The topological polar surface area (TPSA) is 0 Å². The molecule has 0 nitrogen and oxygen atoms in total. The standard InChI is InChI=1S/2C5H11.4C4H9.S.2Sn/c2*1-3-5-4-2;4*1-3-4-2;;;/h2*3H,4-5H2,1-2H3;4*1,3-4H2,2H3;;;. The number of rotatable bonds is 20. The Morgan fingerprint density at radius 3 is 0.966 bits per heavy atom. The molecule has 0 fully saturated rings. The van der Waals surface area contributed by atoms with Crippen molar-refractivity contribution < 1.29 is 0 Å². The van der Waals surface area contributed by atoms with Crippen LogP contribution in [-0.2, 0) is 0 Å². The van der Waals surface area contributed by atoms with Crippen LogP contribution in [0.3, 0.4) is 0 Å². The van der Waals surface area contributed by atoms with E-state index in [9.17, 15) is 0 Å². The van der Waals surface area contributed by atoms with Gasteiger partial charge in [0.05, 0.1) is 0 Å². The molecule has 0 amide bonds. The van der Waals surface area contributed by atoms with Gasteiger partial charge in [0.1, 0.15) is 0 Å². The molecular formula is C26H58SSn2. The van der Waals surface area contributed by atoms with Gasteiger partial charge in [-0.3, -0.25) is 0 Å². The van der Waals surface area contributed by atoms with Crippen LogP contribution in [0.5, 0.6) is 0 Å². The van der Waals surface area contributed by atoms with E-state index in [0.717, 1.165) is 7.87 Å². The summed E-state index contributed by atoms with van der Waals surface area (Å²) in [5.74, 6) is 0. The zero-order valence-corrected chi connectivity index (χ0v) is 28.4. The molecular weight excluding hydrogens is 582 g/mol. The van der Waals surface area contributed by atoms with Crippen molar-refractivity contribution in [3.63, 3.8) is 0 Å². The molecule has 0 spiro atoms. The molecule has 0 N–H and O–H groups in total. The van der Waals surface area contributed by atoms with E-state index < -0.39 is 34.0 Å². The van der Waals surface area contributed by atoms with Crippen LogP contribution < -0.4 is 0 Å². The van der Waals surface area contributed by atoms with Gasteiger partial charge in [0.15, 0.2) is 0 Å². The second kappa shape index (κ2) is 18.4. The second-order valence-electron chi connectivity index (χ2n) is 10.0. The molecule has 0 aromatic rings. The predicted octanol–water partition coefficient (Wildman–Crippen LogP) is 11.2. The van der Waals surface area contributed by atoms with Crippen LogP contribution in [0.4, 0.5) is 0 Å². The van der Waals surface area contributed by atoms with Gasteiger partial charge in [-0.2, -0.15) is 0 Å². The first-order valence-electron chi connectivity index (χ1n) is 13.6. The fourth-order valence-corrected chi connectivity index (χ4v) is 142. The summed E-state index contributed by atoms with van der Waals surface area (Å²) in [5.41, 5.74) is 0. The number of hydrogen-bond donors (Lipinski definition) is 0. The van der Waals surface area contributed by atoms with Gasteiger partial charge in [-0.1, -0.05) is 0 Å². The van der Waals surface area contributed by atoms with Gasteiger partial charge in [-0.25, -0.2) is 0 Å². The Bertz CT molecular complexity index is 322. The molecule has 0 bridgehead atoms. The summed E-state index contributed by atoms with van der Waals surface area (Å²) in [6.07, 6.45) is 20.7. The van der Waals surface area contributed by atoms with Crippen LogP contribution in [0.15, 0.2) is 0 Å². The van der Waals surface area contributed by atoms with Gasteiger partial charge in [-0.05, 0) is 0 Å². The van der Waals surface area contributed by atoms with Gasteiger partial charge in [0, 0.05) is 0 Å². The normalized spacial score (nSPS) is 14.9. The Kier molecular flexibility index (Phi) is 19.6. The monoisotopic (exact) mass is 642 g/mol. The summed E-state index contributed by atoms with van der Waals surface area (Å²) in [7, 11) is 0. The van der Waals surface area contributed by atoms with E-state index in [0.29, 0.717) is 0 Å². The van der Waals surface area contributed by atoms with Crippen molar-refractivity contribution in [2.24, 2.45) is 0 Å². The molecule has 0 rings (SSSR count). The molecule has 0 aliphatic heterocycles. The van der Waals surface area contributed by atoms with E-state index in [1.54, 1.807) is 17.7 Å². The fourth-order valence-electron chi connectivity index (χ4n) is 5.34. The van der Waals surface area contributed by atoms with Crippen molar-refractivity contribution in [3.8, 4) is 0 Å². The molecule has 3 heteroatoms. The molecule has 176 valence electrons. The summed E-state index contributed by atoms with van der Waals surface area (Å²) in [4.78, 5) is 0. The van der Waals surface area contributed by atoms with E-state index in [2.05, 4.69) is 61.5 Å². The van der Waals surface area contributed by atoms with E-state index >= 15 is 0 Å². The van der Waals surface area contributed by atoms with Crippen molar-refractivity contribution in [1.29, 1.82) is 0 Å². The molecule has 0 aromatic carbocycles. The average Bonchev–Trinajstić information content (AvgIpc) is 2.72. The Morgan fingerprint density at radius 2 is 0.759 bits per heavy atom. The number of hydrogen-bond acceptors (Lipinski definition) is 1. The van der Waals surface area contributed by atoms with Crippen LogP contribution in [0.25, 0.3) is 0 Å². The number of unbranched alkanes of at least 4 members (excludes halogenated alkanes) is 4. The Hall–Kier alpha value is 1.95. The second-order valence-corrected chi connectivity index (χ2v) is 58.1. The fraction of sp³-hybridized carbons (Fsp3) is 1.00. The molecule has 0 aliphatic rings. The molecule has 0 aromatic heterocycles. The summed E-state index contributed by atoms with van der Waals surface area (Å²) < 4.78 is 9.01. The van der Waals surface area contributed by atoms with Crippen molar-refractivity contribution >= 4 is 40.1 Å². The quantitative estimate of drug-likeness (QED) is 0.119. The van der Waals surface area contributed by atoms with E-state index in [4.69, 9.17) is 0 Å². The molecule has 29 heavy (non-hydrogen) atoms. The zero-order valence-electron chi connectivity index (χ0n) is 21.9. The zero-order chi connectivity index (χ0) is 22.2. The molecule has 0 saturated heterocycles. The Labute approximate surface area is 196 Å². The van der Waals surface area contributed by atoms with Crippen LogP contribution >= 0.6 is 6.13 Å². The third-order valence-electron chi connectivity index (χ3n) is 7.46. The first kappa shape index (κ1) is 30.9. The summed E-state index contributed by atoms with van der Waals surface area (Å²) in [6.45, 7) is 20.1.